The van der Waals surface area contributed by atoms with Gasteiger partial charge in [-0.25, -0.2) is 0 Å². The van der Waals surface area contributed by atoms with Gasteiger partial charge in [0.15, 0.2) is 0 Å². The number of fused-ring (bicyclic) bond motifs is 4. The van der Waals surface area contributed by atoms with E-state index < -0.39 is 15.6 Å². The van der Waals surface area contributed by atoms with Gasteiger partial charge in [-0.15, -0.1) is 108 Å². The zero-order valence-corrected chi connectivity index (χ0v) is 50.9. The monoisotopic (exact) mass is 1480 g/mol. The molecule has 6 aromatic carbocycles. The van der Waals surface area contributed by atoms with Crippen LogP contribution < -0.4 is 9.47 Å². The summed E-state index contributed by atoms with van der Waals surface area (Å²) in [5, 5.41) is 14.0. The molecule has 0 fully saturated rings. The third kappa shape index (κ3) is 17.5. The van der Waals surface area contributed by atoms with Crippen LogP contribution in [0.2, 0.25) is 0 Å². The number of para-hydroxylation sites is 2. The summed E-state index contributed by atoms with van der Waals surface area (Å²) in [5.74, 6) is 3.53. The number of halogens is 3. The van der Waals surface area contributed by atoms with Crippen molar-refractivity contribution in [3.05, 3.63) is 265 Å². The minimum Gasteiger partial charge on any atom is -0.455 e. The van der Waals surface area contributed by atoms with E-state index >= 15 is 0 Å². The van der Waals surface area contributed by atoms with E-state index in [-0.39, 0.29) is 51.0 Å². The largest absolute Gasteiger partial charge is 0.522 e. The predicted octanol–water partition coefficient (Wildman–Crippen LogP) is 14.9. The number of aromatic nitrogens is 4. The second kappa shape index (κ2) is 31.6. The number of hydrogen-bond donors (Lipinski definition) is 3. The maximum absolute atomic E-state index is 10.7. The molecule has 0 saturated heterocycles. The van der Waals surface area contributed by atoms with Gasteiger partial charge in [0.05, 0.1) is 18.1 Å². The third-order valence-electron chi connectivity index (χ3n) is 12.3. The summed E-state index contributed by atoms with van der Waals surface area (Å²) in [4.78, 5) is 17.6. The third-order valence-corrected chi connectivity index (χ3v) is 12.9. The molecular formula is C65H58F3Ir2N4O7S-3. The molecule has 0 bridgehead atoms. The standard InChI is InChI=1S/C20H17NO.C20H16NO.2C11H8N.CHF3O3S.2CH4O.2Ir/c2*1-20(2)15-10-6-7-11-18(15)22-19-13-21-17(12-16(19)20)14-8-4-3-5-9-14;2*1-2-6-10(7-3-1)11-8-4-5-9-12-11;2-1(3,4)8(5,6)7;2*1-2;;/h3-13H,1-2H3;3-8,10-13H,1-2H3;2*1-6,8-9H;(H,5,6,7);2*2H,1H3;;/q;3*-1;;;;;. The number of hydrogen-bond acceptors (Lipinski definition) is 10. The topological polar surface area (TPSA) is 165 Å². The first-order chi connectivity index (χ1) is 38.5. The molecule has 2 aliphatic heterocycles. The minimum absolute atomic E-state index is 0. The molecule has 3 N–H and O–H groups in total. The van der Waals surface area contributed by atoms with E-state index in [2.05, 4.69) is 114 Å². The van der Waals surface area contributed by atoms with Crippen LogP contribution in [-0.2, 0) is 61.2 Å². The van der Waals surface area contributed by atoms with Crippen molar-refractivity contribution in [1.82, 2.24) is 19.9 Å². The SMILES string of the molecule is CC1(C)c2ccccc2Oc2cnc(-c3[c-]cccc3)cc21.CC1(C)c2ccccc2Oc2cnc(-c3ccccc3)cc21.CO.CO.O=S(=O)(O)C(F)(F)F.[Ir].[Ir].[c-]1ccccc1-c1ccccn1.[c-]1ccccc1-c1ccccn1. The fourth-order valence-electron chi connectivity index (χ4n) is 8.31. The summed E-state index contributed by atoms with van der Waals surface area (Å²) in [6.45, 7) is 8.93. The summed E-state index contributed by atoms with van der Waals surface area (Å²) in [5.41, 5.74) is 7.07. The Morgan fingerprint density at radius 3 is 1.13 bits per heavy atom. The van der Waals surface area contributed by atoms with Crippen LogP contribution in [0.1, 0.15) is 49.9 Å². The first-order valence-corrected chi connectivity index (χ1v) is 26.2. The average molecular weight is 1480 g/mol. The number of nitrogens with zero attached hydrogens (tertiary/aromatic N) is 4. The molecule has 428 valence electrons. The van der Waals surface area contributed by atoms with Crippen LogP contribution >= 0.6 is 0 Å². The van der Waals surface area contributed by atoms with E-state index in [1.165, 1.54) is 16.7 Å². The van der Waals surface area contributed by atoms with Gasteiger partial charge in [-0.2, -0.15) is 21.6 Å². The van der Waals surface area contributed by atoms with Gasteiger partial charge in [-0.1, -0.05) is 125 Å². The number of ether oxygens (including phenoxy) is 2. The van der Waals surface area contributed by atoms with Gasteiger partial charge >= 0.3 is 15.6 Å². The molecular weight excluding hydrogens is 1420 g/mol. The Hall–Kier alpha value is -7.56. The van der Waals surface area contributed by atoms with Gasteiger partial charge in [0.2, 0.25) is 0 Å². The first-order valence-electron chi connectivity index (χ1n) is 24.8. The van der Waals surface area contributed by atoms with Crippen LogP contribution in [0.25, 0.3) is 45.0 Å². The molecule has 11 nitrogen and oxygen atoms in total. The Morgan fingerprint density at radius 1 is 0.427 bits per heavy atom. The van der Waals surface area contributed by atoms with E-state index in [9.17, 15) is 13.2 Å². The van der Waals surface area contributed by atoms with Gasteiger partial charge in [-0.05, 0) is 53.0 Å². The van der Waals surface area contributed by atoms with Crippen LogP contribution in [-0.4, -0.2) is 62.8 Å². The fourth-order valence-corrected chi connectivity index (χ4v) is 8.31. The van der Waals surface area contributed by atoms with Gasteiger partial charge < -0.3 is 34.6 Å². The molecule has 82 heavy (non-hydrogen) atoms. The quantitative estimate of drug-likeness (QED) is 0.0872. The molecule has 0 atom stereocenters. The van der Waals surface area contributed by atoms with E-state index in [1.54, 1.807) is 12.4 Å². The fraction of sp³-hybridized carbons (Fsp3) is 0.138. The van der Waals surface area contributed by atoms with E-state index in [1.807, 2.05) is 164 Å². The van der Waals surface area contributed by atoms with E-state index in [0.717, 1.165) is 87.8 Å². The molecule has 6 heterocycles. The first kappa shape index (κ1) is 66.9. The van der Waals surface area contributed by atoms with Crippen molar-refractivity contribution in [2.24, 2.45) is 0 Å². The Balaban J connectivity index is 0.000000225. The van der Waals surface area contributed by atoms with Crippen LogP contribution in [0.15, 0.2) is 225 Å². The van der Waals surface area contributed by atoms with Crippen LogP contribution in [0, 0.1) is 18.2 Å². The van der Waals surface area contributed by atoms with Crippen LogP contribution in [0.5, 0.6) is 23.0 Å². The zero-order valence-electron chi connectivity index (χ0n) is 45.3. The Kier molecular flexibility index (Phi) is 25.8. The molecule has 4 aromatic heterocycles. The number of pyridine rings is 4. The molecule has 0 spiro atoms. The van der Waals surface area contributed by atoms with Gasteiger partial charge in [0.1, 0.15) is 23.0 Å². The molecule has 17 heteroatoms. The molecule has 0 aliphatic carbocycles. The Morgan fingerprint density at radius 2 is 0.768 bits per heavy atom. The Labute approximate surface area is 504 Å². The number of alkyl halides is 3. The maximum Gasteiger partial charge on any atom is 0.522 e. The summed E-state index contributed by atoms with van der Waals surface area (Å²) < 4.78 is 69.6. The number of rotatable bonds is 4. The van der Waals surface area contributed by atoms with Crippen LogP contribution in [0.3, 0.4) is 0 Å². The van der Waals surface area contributed by atoms with Gasteiger partial charge in [0, 0.05) is 99.9 Å². The van der Waals surface area contributed by atoms with Crippen molar-refractivity contribution in [3.8, 4) is 68.0 Å². The van der Waals surface area contributed by atoms with E-state index in [0.29, 0.717) is 0 Å². The van der Waals surface area contributed by atoms with Crippen molar-refractivity contribution in [2.45, 2.75) is 44.0 Å². The van der Waals surface area contributed by atoms with Crippen molar-refractivity contribution in [2.75, 3.05) is 14.2 Å². The van der Waals surface area contributed by atoms with Crippen molar-refractivity contribution in [1.29, 1.82) is 0 Å². The molecule has 0 unspecified atom stereocenters. The van der Waals surface area contributed by atoms with Crippen molar-refractivity contribution in [3.63, 3.8) is 0 Å². The molecule has 10 aromatic rings. The van der Waals surface area contributed by atoms with Crippen molar-refractivity contribution < 1.29 is 86.0 Å². The molecule has 12 rings (SSSR count). The zero-order chi connectivity index (χ0) is 57.8. The van der Waals surface area contributed by atoms with Gasteiger partial charge in [0.25, 0.3) is 0 Å². The van der Waals surface area contributed by atoms with E-state index in [4.69, 9.17) is 32.7 Å². The smallest absolute Gasteiger partial charge is 0.455 e. The summed E-state index contributed by atoms with van der Waals surface area (Å²) >= 11 is 0. The number of aliphatic hydroxyl groups is 2. The average Bonchev–Trinajstić information content (AvgIpc) is 3.49. The molecule has 2 radical (unpaired) electrons. The molecule has 0 amide bonds. The second-order valence-corrected chi connectivity index (χ2v) is 19.5. The van der Waals surface area contributed by atoms with Crippen molar-refractivity contribution >= 4 is 10.1 Å². The maximum atomic E-state index is 10.7. The summed E-state index contributed by atoms with van der Waals surface area (Å²) in [7, 11) is -3.84. The summed E-state index contributed by atoms with van der Waals surface area (Å²) in [6, 6.07) is 75.7. The Bertz CT molecular complexity index is 3320. The number of benzene rings is 6. The second-order valence-electron chi connectivity index (χ2n) is 18.1. The number of aliphatic hydroxyl groups excluding tert-OH is 2. The normalized spacial score (nSPS) is 12.2. The van der Waals surface area contributed by atoms with Gasteiger partial charge in [-0.3, -0.25) is 9.54 Å². The predicted molar refractivity (Wildman–Crippen MR) is 306 cm³/mol. The molecule has 2 aliphatic rings. The minimum atomic E-state index is -5.84. The summed E-state index contributed by atoms with van der Waals surface area (Å²) in [6.07, 6.45) is 7.24. The van der Waals surface area contributed by atoms with Crippen LogP contribution in [0.4, 0.5) is 13.2 Å². The molecule has 0 saturated carbocycles.